The van der Waals surface area contributed by atoms with Gasteiger partial charge < -0.3 is 14.5 Å². The van der Waals surface area contributed by atoms with Crippen molar-refractivity contribution >= 4 is 12.3 Å². The molecule has 2 amide bonds. The van der Waals surface area contributed by atoms with Crippen molar-refractivity contribution in [2.45, 2.75) is 25.4 Å². The predicted molar refractivity (Wildman–Crippen MR) is 57.8 cm³/mol. The molecule has 0 spiro atoms. The summed E-state index contributed by atoms with van der Waals surface area (Å²) in [5.74, 6) is 0.0475. The predicted octanol–water partition coefficient (Wildman–Crippen LogP) is -0.144. The van der Waals surface area contributed by atoms with Crippen molar-refractivity contribution in [3.8, 4) is 0 Å². The summed E-state index contributed by atoms with van der Waals surface area (Å²) in [4.78, 5) is 26.2. The third-order valence-corrected chi connectivity index (χ3v) is 3.19. The zero-order valence-corrected chi connectivity index (χ0v) is 9.43. The highest BCUT2D eigenvalue weighted by Crippen LogP contribution is 2.13. The van der Waals surface area contributed by atoms with Crippen LogP contribution in [0.25, 0.3) is 0 Å². The van der Waals surface area contributed by atoms with E-state index in [2.05, 4.69) is 0 Å². The first-order valence-corrected chi connectivity index (χ1v) is 5.91. The first-order valence-electron chi connectivity index (χ1n) is 5.91. The van der Waals surface area contributed by atoms with E-state index in [0.29, 0.717) is 19.7 Å². The number of rotatable bonds is 2. The van der Waals surface area contributed by atoms with Crippen LogP contribution in [0.3, 0.4) is 0 Å². The van der Waals surface area contributed by atoms with Crippen molar-refractivity contribution in [1.29, 1.82) is 0 Å². The van der Waals surface area contributed by atoms with Crippen LogP contribution < -0.4 is 0 Å². The van der Waals surface area contributed by atoms with Crippen LogP contribution in [-0.4, -0.2) is 61.0 Å². The van der Waals surface area contributed by atoms with Crippen LogP contribution in [0, 0.1) is 0 Å². The molecule has 90 valence electrons. The second kappa shape index (κ2) is 5.30. The fourth-order valence-corrected chi connectivity index (χ4v) is 2.23. The van der Waals surface area contributed by atoms with E-state index >= 15 is 0 Å². The summed E-state index contributed by atoms with van der Waals surface area (Å²) in [6.45, 7) is 3.12. The summed E-state index contributed by atoms with van der Waals surface area (Å²) in [5.41, 5.74) is 0. The third kappa shape index (κ3) is 2.52. The number of ether oxygens (including phenoxy) is 1. The van der Waals surface area contributed by atoms with E-state index in [4.69, 9.17) is 4.74 Å². The molecule has 0 bridgehead atoms. The van der Waals surface area contributed by atoms with Gasteiger partial charge in [0.2, 0.25) is 6.41 Å². The molecule has 0 aromatic heterocycles. The zero-order chi connectivity index (χ0) is 11.4. The molecule has 0 aliphatic carbocycles. The number of hydrogen-bond acceptors (Lipinski definition) is 3. The minimum atomic E-state index is -0.447. The number of carbonyl (C=O) groups excluding carboxylic acids is 2. The highest BCUT2D eigenvalue weighted by molar-refractivity contribution is 5.81. The lowest BCUT2D eigenvalue weighted by atomic mass is 10.1. The van der Waals surface area contributed by atoms with Crippen molar-refractivity contribution in [3.05, 3.63) is 0 Å². The summed E-state index contributed by atoms with van der Waals surface area (Å²) in [6, 6.07) is 0. The smallest absolute Gasteiger partial charge is 0.253 e. The topological polar surface area (TPSA) is 49.9 Å². The van der Waals surface area contributed by atoms with E-state index in [1.165, 1.54) is 6.42 Å². The molecule has 16 heavy (non-hydrogen) atoms. The van der Waals surface area contributed by atoms with E-state index < -0.39 is 6.10 Å². The Morgan fingerprint density at radius 1 is 1.19 bits per heavy atom. The van der Waals surface area contributed by atoms with Crippen molar-refractivity contribution in [1.82, 2.24) is 9.80 Å². The number of likely N-dealkylation sites (tertiary alicyclic amines) is 1. The molecule has 0 saturated carbocycles. The van der Waals surface area contributed by atoms with Gasteiger partial charge in [0.1, 0.15) is 0 Å². The number of carbonyl (C=O) groups is 2. The molecular formula is C11H18N2O3. The summed E-state index contributed by atoms with van der Waals surface area (Å²) < 4.78 is 5.43. The number of amides is 2. The van der Waals surface area contributed by atoms with Crippen molar-refractivity contribution in [3.63, 3.8) is 0 Å². The van der Waals surface area contributed by atoms with Gasteiger partial charge in [-0.15, -0.1) is 0 Å². The van der Waals surface area contributed by atoms with Crippen LogP contribution in [0.1, 0.15) is 19.3 Å². The Labute approximate surface area is 95.3 Å². The molecule has 5 nitrogen and oxygen atoms in total. The molecule has 1 unspecified atom stereocenters. The molecule has 2 aliphatic rings. The van der Waals surface area contributed by atoms with Crippen LogP contribution in [0.15, 0.2) is 0 Å². The third-order valence-electron chi connectivity index (χ3n) is 3.19. The average Bonchev–Trinajstić information content (AvgIpc) is 2.39. The minimum absolute atomic E-state index is 0.0475. The van der Waals surface area contributed by atoms with Gasteiger partial charge in [-0.1, -0.05) is 0 Å². The highest BCUT2D eigenvalue weighted by Gasteiger charge is 2.30. The first-order chi connectivity index (χ1) is 7.81. The minimum Gasteiger partial charge on any atom is -0.365 e. The fourth-order valence-electron chi connectivity index (χ4n) is 2.23. The summed E-state index contributed by atoms with van der Waals surface area (Å²) in [5, 5.41) is 0. The second-order valence-corrected chi connectivity index (χ2v) is 4.35. The highest BCUT2D eigenvalue weighted by atomic mass is 16.5. The van der Waals surface area contributed by atoms with E-state index in [1.54, 1.807) is 4.90 Å². The molecular weight excluding hydrogens is 208 g/mol. The Balaban J connectivity index is 1.90. The standard InChI is InChI=1S/C11H18N2O3/c14-9-12-6-7-16-10(8-12)11(15)13-4-2-1-3-5-13/h9-10H,1-8H2. The van der Waals surface area contributed by atoms with Crippen molar-refractivity contribution in [2.24, 2.45) is 0 Å². The molecule has 0 aromatic carbocycles. The van der Waals surface area contributed by atoms with Gasteiger partial charge in [-0.2, -0.15) is 0 Å². The van der Waals surface area contributed by atoms with Crippen molar-refractivity contribution in [2.75, 3.05) is 32.8 Å². The maximum Gasteiger partial charge on any atom is 0.253 e. The fraction of sp³-hybridized carbons (Fsp3) is 0.818. The normalized spacial score (nSPS) is 26.6. The van der Waals surface area contributed by atoms with Gasteiger partial charge in [0.15, 0.2) is 6.10 Å². The van der Waals surface area contributed by atoms with Crippen molar-refractivity contribution < 1.29 is 14.3 Å². The van der Waals surface area contributed by atoms with Gasteiger partial charge in [-0.25, -0.2) is 0 Å². The van der Waals surface area contributed by atoms with Gasteiger partial charge >= 0.3 is 0 Å². The lowest BCUT2D eigenvalue weighted by Crippen LogP contribution is -2.51. The van der Waals surface area contributed by atoms with E-state index in [-0.39, 0.29) is 5.91 Å². The van der Waals surface area contributed by atoms with Crippen LogP contribution in [0.2, 0.25) is 0 Å². The first kappa shape index (κ1) is 11.4. The van der Waals surface area contributed by atoms with E-state index in [9.17, 15) is 9.59 Å². The van der Waals surface area contributed by atoms with Crippen LogP contribution in [0.4, 0.5) is 0 Å². The maximum absolute atomic E-state index is 12.1. The van der Waals surface area contributed by atoms with Gasteiger partial charge in [-0.3, -0.25) is 9.59 Å². The van der Waals surface area contributed by atoms with Gasteiger partial charge in [0.25, 0.3) is 5.91 Å². The average molecular weight is 226 g/mol. The SMILES string of the molecule is O=CN1CCOC(C(=O)N2CCCCC2)C1. The molecule has 0 aromatic rings. The Bertz CT molecular complexity index is 264. The number of nitrogens with zero attached hydrogens (tertiary/aromatic N) is 2. The van der Waals surface area contributed by atoms with Gasteiger partial charge in [0.05, 0.1) is 13.2 Å². The largest absolute Gasteiger partial charge is 0.365 e. The van der Waals surface area contributed by atoms with E-state index in [1.807, 2.05) is 4.90 Å². The molecule has 0 N–H and O–H groups in total. The van der Waals surface area contributed by atoms with Gasteiger partial charge in [-0.05, 0) is 19.3 Å². The summed E-state index contributed by atoms with van der Waals surface area (Å²) >= 11 is 0. The molecule has 2 heterocycles. The summed E-state index contributed by atoms with van der Waals surface area (Å²) in [6.07, 6.45) is 3.71. The Hall–Kier alpha value is -1.10. The van der Waals surface area contributed by atoms with Crippen LogP contribution in [0.5, 0.6) is 0 Å². The maximum atomic E-state index is 12.1. The lowest BCUT2D eigenvalue weighted by molar-refractivity contribution is -0.151. The second-order valence-electron chi connectivity index (χ2n) is 4.35. The monoisotopic (exact) mass is 226 g/mol. The molecule has 2 rings (SSSR count). The number of morpholine rings is 1. The quantitative estimate of drug-likeness (QED) is 0.616. The summed E-state index contributed by atoms with van der Waals surface area (Å²) in [7, 11) is 0. The Morgan fingerprint density at radius 2 is 1.94 bits per heavy atom. The Kier molecular flexibility index (Phi) is 3.77. The molecule has 0 radical (unpaired) electrons. The van der Waals surface area contributed by atoms with Crippen LogP contribution in [-0.2, 0) is 14.3 Å². The molecule has 1 atom stereocenters. The Morgan fingerprint density at radius 3 is 2.62 bits per heavy atom. The lowest BCUT2D eigenvalue weighted by Gasteiger charge is -2.34. The number of hydrogen-bond donors (Lipinski definition) is 0. The molecule has 2 fully saturated rings. The molecule has 2 aliphatic heterocycles. The van der Waals surface area contributed by atoms with Gasteiger partial charge in [0, 0.05) is 19.6 Å². The van der Waals surface area contributed by atoms with Crippen LogP contribution >= 0.6 is 0 Å². The molecule has 5 heteroatoms. The van der Waals surface area contributed by atoms with E-state index in [0.717, 1.165) is 32.3 Å². The number of piperidine rings is 1. The molecule has 2 saturated heterocycles. The zero-order valence-electron chi connectivity index (χ0n) is 9.43.